The quantitative estimate of drug-likeness (QED) is 0.747. The van der Waals surface area contributed by atoms with Gasteiger partial charge in [0.15, 0.2) is 0 Å². The van der Waals surface area contributed by atoms with Crippen LogP contribution in [0.25, 0.3) is 16.4 Å². The fourth-order valence-electron chi connectivity index (χ4n) is 2.50. The molecule has 0 amide bonds. The third-order valence-electron chi connectivity index (χ3n) is 3.42. The number of rotatable bonds is 3. The van der Waals surface area contributed by atoms with Crippen molar-refractivity contribution in [3.63, 3.8) is 0 Å². The van der Waals surface area contributed by atoms with E-state index in [0.29, 0.717) is 22.0 Å². The van der Waals surface area contributed by atoms with Gasteiger partial charge in [0.05, 0.1) is 28.1 Å². The summed E-state index contributed by atoms with van der Waals surface area (Å²) >= 11 is 0. The van der Waals surface area contributed by atoms with E-state index in [2.05, 4.69) is 0 Å². The Kier molecular flexibility index (Phi) is 3.38. The van der Waals surface area contributed by atoms with Gasteiger partial charge in [-0.15, -0.1) is 0 Å². The minimum Gasteiger partial charge on any atom is -0.462 e. The molecule has 22 heavy (non-hydrogen) atoms. The van der Waals surface area contributed by atoms with E-state index in [9.17, 15) is 13.2 Å². The van der Waals surface area contributed by atoms with Gasteiger partial charge in [-0.25, -0.2) is 18.4 Å². The molecule has 1 aromatic carbocycles. The molecule has 0 saturated carbocycles. The van der Waals surface area contributed by atoms with Crippen LogP contribution in [0.5, 0.6) is 0 Å². The molecule has 3 aromatic rings. The molecule has 0 unspecified atom stereocenters. The average molecular weight is 318 g/mol. The molecule has 2 heterocycles. The Labute approximate surface area is 127 Å². The molecule has 114 valence electrons. The molecule has 0 bridgehead atoms. The number of carbonyl (C=O) groups is 1. The molecule has 0 fully saturated rings. The van der Waals surface area contributed by atoms with Crippen molar-refractivity contribution in [1.29, 1.82) is 0 Å². The van der Waals surface area contributed by atoms with Gasteiger partial charge in [0.1, 0.15) is 0 Å². The van der Waals surface area contributed by atoms with Gasteiger partial charge in [-0.1, -0.05) is 18.2 Å². The first kappa shape index (κ1) is 14.6. The Balaban J connectivity index is 2.41. The summed E-state index contributed by atoms with van der Waals surface area (Å²) in [5, 5.41) is 5.87. The number of esters is 1. The van der Waals surface area contributed by atoms with Gasteiger partial charge >= 0.3 is 5.97 Å². The topological polar surface area (TPSA) is 90.9 Å². The summed E-state index contributed by atoms with van der Waals surface area (Å²) in [5.41, 5.74) is 1.71. The van der Waals surface area contributed by atoms with Crippen LogP contribution < -0.4 is 5.14 Å². The molecule has 0 aliphatic carbocycles. The van der Waals surface area contributed by atoms with Gasteiger partial charge in [0.25, 0.3) is 0 Å². The summed E-state index contributed by atoms with van der Waals surface area (Å²) in [5.74, 6) is -0.440. The molecule has 2 aromatic heterocycles. The fourth-order valence-corrected chi connectivity index (χ4v) is 3.01. The third kappa shape index (κ3) is 2.24. The zero-order chi connectivity index (χ0) is 15.9. The molecule has 0 aliphatic rings. The Morgan fingerprint density at radius 1 is 1.18 bits per heavy atom. The number of para-hydroxylation sites is 1. The van der Waals surface area contributed by atoms with E-state index in [1.165, 1.54) is 12.3 Å². The molecule has 7 heteroatoms. The lowest BCUT2D eigenvalue weighted by atomic mass is 10.1. The number of primary sulfonamides is 1. The minimum atomic E-state index is -3.82. The summed E-state index contributed by atoms with van der Waals surface area (Å²) < 4.78 is 29.8. The lowest BCUT2D eigenvalue weighted by Crippen LogP contribution is -2.12. The largest absolute Gasteiger partial charge is 0.462 e. The third-order valence-corrected chi connectivity index (χ3v) is 4.32. The summed E-state index contributed by atoms with van der Waals surface area (Å²) in [6.45, 7) is 2.00. The number of fused-ring (bicyclic) bond motifs is 3. The lowest BCUT2D eigenvalue weighted by molar-refractivity contribution is 0.0531. The lowest BCUT2D eigenvalue weighted by Gasteiger charge is -2.03. The second-order valence-electron chi connectivity index (χ2n) is 4.78. The second kappa shape index (κ2) is 5.11. The van der Waals surface area contributed by atoms with Crippen molar-refractivity contribution >= 4 is 32.4 Å². The number of nitrogens with two attached hydrogens (primary N) is 1. The number of carbonyl (C=O) groups excluding carboxylic acids is 1. The standard InChI is InChI=1S/C15H14N2O4S/c1-2-21-15(18)14-11-5-3-4-6-12(11)17-9-10(22(16,19)20)7-8-13(14)17/h3-9H,2H2,1H3,(H2,16,19,20). The van der Waals surface area contributed by atoms with Crippen LogP contribution in [0, 0.1) is 0 Å². The van der Waals surface area contributed by atoms with Crippen molar-refractivity contribution < 1.29 is 17.9 Å². The van der Waals surface area contributed by atoms with Gasteiger partial charge < -0.3 is 9.14 Å². The summed E-state index contributed by atoms with van der Waals surface area (Å²) in [6, 6.07) is 10.2. The van der Waals surface area contributed by atoms with Crippen LogP contribution in [0.15, 0.2) is 47.5 Å². The van der Waals surface area contributed by atoms with Crippen molar-refractivity contribution in [2.45, 2.75) is 11.8 Å². The van der Waals surface area contributed by atoms with E-state index in [1.807, 2.05) is 12.1 Å². The van der Waals surface area contributed by atoms with E-state index >= 15 is 0 Å². The fraction of sp³-hybridized carbons (Fsp3) is 0.133. The van der Waals surface area contributed by atoms with Gasteiger partial charge in [-0.2, -0.15) is 0 Å². The predicted octanol–water partition coefficient (Wildman–Crippen LogP) is 1.92. The van der Waals surface area contributed by atoms with Crippen LogP contribution >= 0.6 is 0 Å². The number of nitrogens with zero attached hydrogens (tertiary/aromatic N) is 1. The minimum absolute atomic E-state index is 0.0174. The number of benzene rings is 1. The molecule has 6 nitrogen and oxygen atoms in total. The maximum atomic E-state index is 12.2. The summed E-state index contributed by atoms with van der Waals surface area (Å²) in [6.07, 6.45) is 1.41. The molecule has 0 radical (unpaired) electrons. The van der Waals surface area contributed by atoms with E-state index in [-0.39, 0.29) is 11.5 Å². The van der Waals surface area contributed by atoms with E-state index in [1.54, 1.807) is 29.5 Å². The number of hydrogen-bond acceptors (Lipinski definition) is 4. The number of sulfonamides is 1. The first-order chi connectivity index (χ1) is 10.4. The maximum absolute atomic E-state index is 12.2. The van der Waals surface area contributed by atoms with E-state index in [0.717, 1.165) is 0 Å². The Bertz CT molecular complexity index is 989. The SMILES string of the molecule is CCOC(=O)c1c2ccccc2n2cc(S(N)(=O)=O)ccc12. The molecule has 2 N–H and O–H groups in total. The zero-order valence-corrected chi connectivity index (χ0v) is 12.6. The zero-order valence-electron chi connectivity index (χ0n) is 11.8. The highest BCUT2D eigenvalue weighted by atomic mass is 32.2. The molecule has 0 spiro atoms. The van der Waals surface area contributed by atoms with Crippen molar-refractivity contribution in [2.24, 2.45) is 5.14 Å². The van der Waals surface area contributed by atoms with Crippen molar-refractivity contribution in [3.8, 4) is 0 Å². The normalized spacial score (nSPS) is 11.9. The summed E-state index contributed by atoms with van der Waals surface area (Å²) in [7, 11) is -3.82. The van der Waals surface area contributed by atoms with Crippen LogP contribution in [0.4, 0.5) is 0 Å². The van der Waals surface area contributed by atoms with Crippen LogP contribution in [-0.2, 0) is 14.8 Å². The molecule has 3 rings (SSSR count). The first-order valence-electron chi connectivity index (χ1n) is 6.66. The highest BCUT2D eigenvalue weighted by Crippen LogP contribution is 2.28. The highest BCUT2D eigenvalue weighted by molar-refractivity contribution is 7.89. The Hall–Kier alpha value is -2.38. The highest BCUT2D eigenvalue weighted by Gasteiger charge is 2.20. The molecular weight excluding hydrogens is 304 g/mol. The average Bonchev–Trinajstić information content (AvgIpc) is 2.80. The Morgan fingerprint density at radius 3 is 2.59 bits per heavy atom. The summed E-state index contributed by atoms with van der Waals surface area (Å²) in [4.78, 5) is 12.2. The smallest absolute Gasteiger partial charge is 0.340 e. The molecule has 0 atom stereocenters. The van der Waals surface area contributed by atoms with Crippen molar-refractivity contribution in [2.75, 3.05) is 6.61 Å². The predicted molar refractivity (Wildman–Crippen MR) is 82.2 cm³/mol. The first-order valence-corrected chi connectivity index (χ1v) is 8.21. The van der Waals surface area contributed by atoms with Crippen LogP contribution in [0.3, 0.4) is 0 Å². The number of ether oxygens (including phenoxy) is 1. The number of aromatic nitrogens is 1. The molecule has 0 aliphatic heterocycles. The molecule has 0 saturated heterocycles. The maximum Gasteiger partial charge on any atom is 0.340 e. The second-order valence-corrected chi connectivity index (χ2v) is 6.34. The van der Waals surface area contributed by atoms with Gasteiger partial charge in [-0.3, -0.25) is 0 Å². The molecular formula is C15H14N2O4S. The van der Waals surface area contributed by atoms with Gasteiger partial charge in [-0.05, 0) is 25.1 Å². The monoisotopic (exact) mass is 318 g/mol. The van der Waals surface area contributed by atoms with E-state index < -0.39 is 16.0 Å². The van der Waals surface area contributed by atoms with Crippen LogP contribution in [-0.4, -0.2) is 25.4 Å². The number of hydrogen-bond donors (Lipinski definition) is 1. The Morgan fingerprint density at radius 2 is 1.91 bits per heavy atom. The van der Waals surface area contributed by atoms with Crippen LogP contribution in [0.1, 0.15) is 17.3 Å². The van der Waals surface area contributed by atoms with Crippen molar-refractivity contribution in [1.82, 2.24) is 4.40 Å². The van der Waals surface area contributed by atoms with E-state index in [4.69, 9.17) is 9.88 Å². The number of pyridine rings is 1. The van der Waals surface area contributed by atoms with Crippen LogP contribution in [0.2, 0.25) is 0 Å². The van der Waals surface area contributed by atoms with Gasteiger partial charge in [0, 0.05) is 11.6 Å². The van der Waals surface area contributed by atoms with Gasteiger partial charge in [0.2, 0.25) is 10.0 Å². The van der Waals surface area contributed by atoms with Crippen molar-refractivity contribution in [3.05, 3.63) is 48.2 Å².